The third-order valence-corrected chi connectivity index (χ3v) is 4.35. The average molecular weight is 262 g/mol. The van der Waals surface area contributed by atoms with Crippen LogP contribution in [0.15, 0.2) is 18.2 Å². The summed E-state index contributed by atoms with van der Waals surface area (Å²) in [4.78, 5) is 4.94. The van der Waals surface area contributed by atoms with Crippen molar-refractivity contribution in [2.75, 3.05) is 32.1 Å². The first-order valence-electron chi connectivity index (χ1n) is 7.13. The predicted molar refractivity (Wildman–Crippen MR) is 86.2 cm³/mol. The van der Waals surface area contributed by atoms with Crippen LogP contribution in [-0.2, 0) is 6.42 Å². The Balaban J connectivity index is 0.00000180. The van der Waals surface area contributed by atoms with Crippen LogP contribution in [-0.4, -0.2) is 38.1 Å². The van der Waals surface area contributed by atoms with Gasteiger partial charge in [-0.05, 0) is 63.5 Å². The number of likely N-dealkylation sites (tertiary alicyclic amines) is 1. The van der Waals surface area contributed by atoms with Crippen molar-refractivity contribution in [2.45, 2.75) is 46.6 Å². The Hall–Kier alpha value is -1.02. The normalized spacial score (nSPS) is 17.1. The van der Waals surface area contributed by atoms with Crippen LogP contribution < -0.4 is 4.90 Å². The van der Waals surface area contributed by atoms with Gasteiger partial charge in [0.25, 0.3) is 0 Å². The number of hydrogen-bond donors (Lipinski definition) is 0. The van der Waals surface area contributed by atoms with Gasteiger partial charge in [-0.1, -0.05) is 26.5 Å². The van der Waals surface area contributed by atoms with E-state index in [1.165, 1.54) is 42.7 Å². The molecule has 1 aromatic rings. The zero-order valence-corrected chi connectivity index (χ0v) is 12.2. The number of rotatable bonds is 3. The molecule has 19 heavy (non-hydrogen) atoms. The van der Waals surface area contributed by atoms with Crippen LogP contribution in [0.4, 0.5) is 5.69 Å². The second-order valence-electron chi connectivity index (χ2n) is 5.57. The van der Waals surface area contributed by atoms with Gasteiger partial charge < -0.3 is 9.80 Å². The molecule has 1 aromatic carbocycles. The fourth-order valence-corrected chi connectivity index (χ4v) is 3.06. The smallest absolute Gasteiger partial charge is 0.0401 e. The van der Waals surface area contributed by atoms with Crippen LogP contribution in [0.3, 0.4) is 0 Å². The first-order chi connectivity index (χ1) is 8.63. The van der Waals surface area contributed by atoms with Crippen molar-refractivity contribution in [2.24, 2.45) is 0 Å². The van der Waals surface area contributed by atoms with Gasteiger partial charge in [-0.3, -0.25) is 0 Å². The summed E-state index contributed by atoms with van der Waals surface area (Å²) in [6, 6.07) is 7.40. The molecule has 1 aliphatic rings. The first kappa shape index (κ1) is 16.0. The van der Waals surface area contributed by atoms with Crippen molar-refractivity contribution in [3.05, 3.63) is 29.3 Å². The summed E-state index contributed by atoms with van der Waals surface area (Å²) < 4.78 is 0. The number of hydrogen-bond acceptors (Lipinski definition) is 2. The lowest BCUT2D eigenvalue weighted by Crippen LogP contribution is -2.42. The van der Waals surface area contributed by atoms with Gasteiger partial charge in [0.15, 0.2) is 0 Å². The highest BCUT2D eigenvalue weighted by molar-refractivity contribution is 5.57. The van der Waals surface area contributed by atoms with E-state index in [-0.39, 0.29) is 7.43 Å². The van der Waals surface area contributed by atoms with Gasteiger partial charge in [0.1, 0.15) is 0 Å². The molecule has 0 atom stereocenters. The summed E-state index contributed by atoms with van der Waals surface area (Å²) in [6.45, 7) is 6.93. The molecule has 0 radical (unpaired) electrons. The maximum atomic E-state index is 2.51. The molecule has 0 bridgehead atoms. The Morgan fingerprint density at radius 2 is 1.89 bits per heavy atom. The summed E-state index contributed by atoms with van der Waals surface area (Å²) in [6.07, 6.45) is 3.69. The lowest BCUT2D eigenvalue weighted by Gasteiger charge is -2.37. The molecule has 1 heterocycles. The third-order valence-electron chi connectivity index (χ3n) is 4.35. The maximum absolute atomic E-state index is 2.51. The Morgan fingerprint density at radius 3 is 2.47 bits per heavy atom. The highest BCUT2D eigenvalue weighted by Crippen LogP contribution is 2.27. The van der Waals surface area contributed by atoms with Crippen molar-refractivity contribution in [1.29, 1.82) is 0 Å². The zero-order chi connectivity index (χ0) is 13.1. The minimum absolute atomic E-state index is 0. The Labute approximate surface area is 119 Å². The lowest BCUT2D eigenvalue weighted by atomic mass is 9.99. The average Bonchev–Trinajstić information content (AvgIpc) is 2.38. The molecule has 2 heteroatoms. The molecule has 1 saturated heterocycles. The van der Waals surface area contributed by atoms with Gasteiger partial charge in [-0.25, -0.2) is 0 Å². The highest BCUT2D eigenvalue weighted by Gasteiger charge is 2.22. The molecule has 108 valence electrons. The highest BCUT2D eigenvalue weighted by atomic mass is 15.2. The van der Waals surface area contributed by atoms with Crippen LogP contribution in [0.25, 0.3) is 0 Å². The summed E-state index contributed by atoms with van der Waals surface area (Å²) in [5.41, 5.74) is 4.38. The summed E-state index contributed by atoms with van der Waals surface area (Å²) in [5.74, 6) is 0. The van der Waals surface area contributed by atoms with E-state index < -0.39 is 0 Å². The summed E-state index contributed by atoms with van der Waals surface area (Å²) >= 11 is 0. The van der Waals surface area contributed by atoms with Crippen LogP contribution in [0, 0.1) is 6.92 Å². The minimum Gasteiger partial charge on any atom is -0.371 e. The third kappa shape index (κ3) is 3.50. The first-order valence-corrected chi connectivity index (χ1v) is 7.13. The van der Waals surface area contributed by atoms with Crippen molar-refractivity contribution < 1.29 is 0 Å². The zero-order valence-electron chi connectivity index (χ0n) is 12.2. The molecule has 0 aromatic heterocycles. The molecule has 2 nitrogen and oxygen atoms in total. The van der Waals surface area contributed by atoms with Gasteiger partial charge in [0.2, 0.25) is 0 Å². The molecule has 0 spiro atoms. The summed E-state index contributed by atoms with van der Waals surface area (Å²) in [5, 5.41) is 0. The monoisotopic (exact) mass is 262 g/mol. The van der Waals surface area contributed by atoms with E-state index in [1.807, 2.05) is 0 Å². The van der Waals surface area contributed by atoms with E-state index in [1.54, 1.807) is 0 Å². The van der Waals surface area contributed by atoms with Gasteiger partial charge in [-0.2, -0.15) is 0 Å². The topological polar surface area (TPSA) is 6.48 Å². The Morgan fingerprint density at radius 1 is 1.26 bits per heavy atom. The SMILES string of the molecule is C.CCc1c(C)cccc1N(C)C1CCN(C)CC1. The number of anilines is 1. The molecular formula is C17H30N2. The molecular weight excluding hydrogens is 232 g/mol. The van der Waals surface area contributed by atoms with Crippen LogP contribution in [0.1, 0.15) is 38.3 Å². The van der Waals surface area contributed by atoms with E-state index in [9.17, 15) is 0 Å². The molecule has 0 saturated carbocycles. The van der Waals surface area contributed by atoms with E-state index >= 15 is 0 Å². The van der Waals surface area contributed by atoms with Gasteiger partial charge in [0, 0.05) is 18.8 Å². The quantitative estimate of drug-likeness (QED) is 0.819. The van der Waals surface area contributed by atoms with Crippen LogP contribution in [0.5, 0.6) is 0 Å². The second-order valence-corrected chi connectivity index (χ2v) is 5.57. The standard InChI is InChI=1S/C16H26N2.CH4/c1-5-15-13(2)7-6-8-16(15)18(4)14-9-11-17(3)12-10-14;/h6-8,14H,5,9-12H2,1-4H3;1H4. The van der Waals surface area contributed by atoms with Crippen LogP contribution in [0.2, 0.25) is 0 Å². The van der Waals surface area contributed by atoms with Crippen molar-refractivity contribution >= 4 is 5.69 Å². The van der Waals surface area contributed by atoms with Gasteiger partial charge >= 0.3 is 0 Å². The fraction of sp³-hybridized carbons (Fsp3) is 0.647. The number of nitrogens with zero attached hydrogens (tertiary/aromatic N) is 2. The lowest BCUT2D eigenvalue weighted by molar-refractivity contribution is 0.253. The number of aryl methyl sites for hydroxylation is 1. The van der Waals surface area contributed by atoms with Crippen molar-refractivity contribution in [1.82, 2.24) is 4.90 Å². The van der Waals surface area contributed by atoms with E-state index in [0.29, 0.717) is 6.04 Å². The van der Waals surface area contributed by atoms with Crippen molar-refractivity contribution in [3.8, 4) is 0 Å². The van der Waals surface area contributed by atoms with E-state index in [0.717, 1.165) is 6.42 Å². The molecule has 1 fully saturated rings. The molecule has 0 N–H and O–H groups in total. The summed E-state index contributed by atoms with van der Waals surface area (Å²) in [7, 11) is 4.49. The van der Waals surface area contributed by atoms with Crippen molar-refractivity contribution in [3.63, 3.8) is 0 Å². The fourth-order valence-electron chi connectivity index (χ4n) is 3.06. The molecule has 0 amide bonds. The predicted octanol–water partition coefficient (Wildman–Crippen LogP) is 3.72. The number of benzene rings is 1. The Bertz CT molecular complexity index is 392. The van der Waals surface area contributed by atoms with Gasteiger partial charge in [-0.15, -0.1) is 0 Å². The molecule has 2 rings (SSSR count). The second kappa shape index (κ2) is 6.95. The van der Waals surface area contributed by atoms with E-state index in [2.05, 4.69) is 55.9 Å². The molecule has 0 aliphatic carbocycles. The van der Waals surface area contributed by atoms with Crippen LogP contribution >= 0.6 is 0 Å². The Kier molecular flexibility index (Phi) is 5.86. The number of piperidine rings is 1. The molecule has 1 aliphatic heterocycles. The maximum Gasteiger partial charge on any atom is 0.0401 e. The van der Waals surface area contributed by atoms with E-state index in [4.69, 9.17) is 0 Å². The van der Waals surface area contributed by atoms with Gasteiger partial charge in [0.05, 0.1) is 0 Å². The molecule has 0 unspecified atom stereocenters. The largest absolute Gasteiger partial charge is 0.371 e. The minimum atomic E-state index is 0.